The van der Waals surface area contributed by atoms with E-state index in [-0.39, 0.29) is 11.2 Å². The van der Waals surface area contributed by atoms with E-state index in [0.29, 0.717) is 10.3 Å². The number of hydrogen-bond donors (Lipinski definition) is 2. The summed E-state index contributed by atoms with van der Waals surface area (Å²) in [6.07, 6.45) is 0. The van der Waals surface area contributed by atoms with Gasteiger partial charge in [0.1, 0.15) is 10.3 Å². The van der Waals surface area contributed by atoms with Gasteiger partial charge in [-0.15, -0.1) is 22.7 Å². The van der Waals surface area contributed by atoms with Crippen LogP contribution in [0.1, 0.15) is 0 Å². The van der Waals surface area contributed by atoms with Gasteiger partial charge in [0.15, 0.2) is 11.2 Å². The van der Waals surface area contributed by atoms with Crippen LogP contribution in [0.2, 0.25) is 0 Å². The molecule has 0 aliphatic heterocycles. The fourth-order valence-electron chi connectivity index (χ4n) is 1.95. The van der Waals surface area contributed by atoms with Gasteiger partial charge in [0.2, 0.25) is 0 Å². The smallest absolute Gasteiger partial charge is 0.290 e. The lowest BCUT2D eigenvalue weighted by molar-refractivity contribution is 1.06. The summed E-state index contributed by atoms with van der Waals surface area (Å²) in [5.41, 5.74) is -0.0879. The van der Waals surface area contributed by atoms with Crippen molar-refractivity contribution in [1.82, 2.24) is 19.9 Å². The van der Waals surface area contributed by atoms with Gasteiger partial charge in [-0.05, 0) is 17.5 Å². The summed E-state index contributed by atoms with van der Waals surface area (Å²) in [7, 11) is 0. The molecule has 0 unspecified atom stereocenters. The second-order valence-electron chi connectivity index (χ2n) is 4.11. The van der Waals surface area contributed by atoms with Crippen LogP contribution >= 0.6 is 22.7 Å². The van der Waals surface area contributed by atoms with E-state index in [9.17, 15) is 9.59 Å². The van der Waals surface area contributed by atoms with Crippen molar-refractivity contribution in [3.63, 3.8) is 0 Å². The van der Waals surface area contributed by atoms with Crippen LogP contribution in [0.4, 0.5) is 0 Å². The quantitative estimate of drug-likeness (QED) is 0.562. The lowest BCUT2D eigenvalue weighted by Crippen LogP contribution is -2.23. The number of hydrogen-bond acceptors (Lipinski definition) is 6. The fourth-order valence-corrected chi connectivity index (χ4v) is 3.75. The van der Waals surface area contributed by atoms with Gasteiger partial charge in [-0.25, -0.2) is 14.8 Å². The number of aromatic nitrogens is 4. The molecule has 0 aliphatic rings. The topological polar surface area (TPSA) is 91.5 Å². The van der Waals surface area contributed by atoms with Crippen molar-refractivity contribution in [1.29, 1.82) is 0 Å². The Morgan fingerprint density at radius 1 is 1.10 bits per heavy atom. The van der Waals surface area contributed by atoms with Crippen LogP contribution in [0, 0.1) is 0 Å². The Morgan fingerprint density at radius 2 is 2.00 bits per heavy atom. The molecule has 98 valence electrons. The number of fused-ring (bicyclic) bond motifs is 2. The predicted octanol–water partition coefficient (Wildman–Crippen LogP) is 1.95. The highest BCUT2D eigenvalue weighted by Gasteiger charge is 2.11. The summed E-state index contributed by atoms with van der Waals surface area (Å²) in [6.45, 7) is 0. The van der Waals surface area contributed by atoms with Gasteiger partial charge in [-0.2, -0.15) is 0 Å². The maximum Gasteiger partial charge on any atom is 0.327 e. The van der Waals surface area contributed by atoms with Gasteiger partial charge in [0, 0.05) is 9.75 Å². The molecular weight excluding hydrogens is 296 g/mol. The van der Waals surface area contributed by atoms with Gasteiger partial charge in [-0.3, -0.25) is 14.8 Å². The summed E-state index contributed by atoms with van der Waals surface area (Å²) in [4.78, 5) is 39.1. The maximum absolute atomic E-state index is 11.7. The first-order chi connectivity index (χ1) is 9.70. The van der Waals surface area contributed by atoms with E-state index in [1.54, 1.807) is 11.3 Å². The third kappa shape index (κ3) is 1.69. The molecule has 4 aromatic rings. The highest BCUT2D eigenvalue weighted by molar-refractivity contribution is 7.25. The third-order valence-corrected chi connectivity index (χ3v) is 4.89. The number of rotatable bonds is 1. The van der Waals surface area contributed by atoms with E-state index in [4.69, 9.17) is 0 Å². The van der Waals surface area contributed by atoms with E-state index in [0.717, 1.165) is 9.75 Å². The van der Waals surface area contributed by atoms with Crippen molar-refractivity contribution >= 4 is 44.2 Å². The first-order valence-electron chi connectivity index (χ1n) is 5.68. The molecule has 8 heteroatoms. The standard InChI is InChI=1S/C12H6N4O2S2/c17-10-8-9(15-12(18)16-10)14-11-5(13-8)4-7(20-11)6-2-1-3-19-6/h1-4H,(H2,14,15,16,17,18). The molecule has 2 N–H and O–H groups in total. The van der Waals surface area contributed by atoms with Gasteiger partial charge in [-0.1, -0.05) is 6.07 Å². The van der Waals surface area contributed by atoms with Crippen molar-refractivity contribution < 1.29 is 0 Å². The van der Waals surface area contributed by atoms with Gasteiger partial charge in [0.25, 0.3) is 5.56 Å². The number of aromatic amines is 2. The van der Waals surface area contributed by atoms with Crippen LogP contribution in [0.25, 0.3) is 31.3 Å². The average molecular weight is 302 g/mol. The van der Waals surface area contributed by atoms with Crippen molar-refractivity contribution in [2.45, 2.75) is 0 Å². The Balaban J connectivity index is 2.08. The molecular formula is C12H6N4O2S2. The zero-order valence-corrected chi connectivity index (χ0v) is 11.5. The summed E-state index contributed by atoms with van der Waals surface area (Å²) in [5, 5.41) is 2.00. The van der Waals surface area contributed by atoms with Gasteiger partial charge < -0.3 is 0 Å². The number of nitrogens with zero attached hydrogens (tertiary/aromatic N) is 2. The lowest BCUT2D eigenvalue weighted by atomic mass is 10.3. The molecule has 0 atom stereocenters. The second-order valence-corrected chi connectivity index (χ2v) is 6.09. The van der Waals surface area contributed by atoms with Crippen molar-refractivity contribution in [2.75, 3.05) is 0 Å². The largest absolute Gasteiger partial charge is 0.327 e. The Bertz CT molecular complexity index is 1040. The lowest BCUT2D eigenvalue weighted by Gasteiger charge is -1.94. The van der Waals surface area contributed by atoms with Crippen LogP contribution in [-0.4, -0.2) is 19.9 Å². The molecule has 0 fully saturated rings. The van der Waals surface area contributed by atoms with Crippen molar-refractivity contribution in [3.8, 4) is 9.75 Å². The molecule has 0 aromatic carbocycles. The van der Waals surface area contributed by atoms with Crippen LogP contribution in [-0.2, 0) is 0 Å². The maximum atomic E-state index is 11.7. The second kappa shape index (κ2) is 4.09. The van der Waals surface area contributed by atoms with E-state index in [2.05, 4.69) is 19.9 Å². The normalized spacial score (nSPS) is 11.4. The number of nitrogens with one attached hydrogen (secondary N) is 2. The summed E-state index contributed by atoms with van der Waals surface area (Å²) in [6, 6.07) is 5.90. The zero-order valence-electron chi connectivity index (χ0n) is 9.84. The highest BCUT2D eigenvalue weighted by Crippen LogP contribution is 2.34. The number of H-pyrrole nitrogens is 2. The zero-order chi connectivity index (χ0) is 13.7. The first-order valence-corrected chi connectivity index (χ1v) is 7.38. The van der Waals surface area contributed by atoms with Gasteiger partial charge in [0.05, 0.1) is 0 Å². The minimum atomic E-state index is -0.578. The van der Waals surface area contributed by atoms with E-state index in [1.165, 1.54) is 11.3 Å². The molecule has 4 rings (SSSR count). The van der Waals surface area contributed by atoms with E-state index < -0.39 is 11.2 Å². The third-order valence-electron chi connectivity index (χ3n) is 2.80. The minimum absolute atomic E-state index is 0.146. The SMILES string of the molecule is O=c1[nH]c(=O)c2nc3cc(-c4cccs4)sc3nc2[nH]1. The van der Waals surface area contributed by atoms with Gasteiger partial charge >= 0.3 is 5.69 Å². The van der Waals surface area contributed by atoms with Crippen LogP contribution in [0.5, 0.6) is 0 Å². The first kappa shape index (κ1) is 11.5. The molecule has 0 amide bonds. The summed E-state index contributed by atoms with van der Waals surface area (Å²) in [5.74, 6) is 0. The summed E-state index contributed by atoms with van der Waals surface area (Å²) < 4.78 is 0. The molecule has 0 saturated heterocycles. The Hall–Kier alpha value is -2.32. The molecule has 0 radical (unpaired) electrons. The monoisotopic (exact) mass is 302 g/mol. The van der Waals surface area contributed by atoms with E-state index in [1.807, 2.05) is 23.6 Å². The molecule has 4 aromatic heterocycles. The van der Waals surface area contributed by atoms with Crippen LogP contribution in [0.15, 0.2) is 33.2 Å². The fraction of sp³-hybridized carbons (Fsp3) is 0. The minimum Gasteiger partial charge on any atom is -0.290 e. The molecule has 0 spiro atoms. The molecule has 0 saturated carbocycles. The Kier molecular flexibility index (Phi) is 2.35. The molecule has 0 aliphatic carbocycles. The molecule has 0 bridgehead atoms. The van der Waals surface area contributed by atoms with Crippen LogP contribution in [0.3, 0.4) is 0 Å². The van der Waals surface area contributed by atoms with Crippen LogP contribution < -0.4 is 11.2 Å². The Morgan fingerprint density at radius 3 is 2.80 bits per heavy atom. The molecule has 4 heterocycles. The highest BCUT2D eigenvalue weighted by atomic mass is 32.1. The Labute approximate surface area is 118 Å². The predicted molar refractivity (Wildman–Crippen MR) is 79.5 cm³/mol. The molecule has 6 nitrogen and oxygen atoms in total. The van der Waals surface area contributed by atoms with E-state index >= 15 is 0 Å². The van der Waals surface area contributed by atoms with Crippen molar-refractivity contribution in [3.05, 3.63) is 44.4 Å². The number of thiophene rings is 2. The average Bonchev–Trinajstić information content (AvgIpc) is 3.05. The molecule has 20 heavy (non-hydrogen) atoms. The summed E-state index contributed by atoms with van der Waals surface area (Å²) >= 11 is 3.11. The van der Waals surface area contributed by atoms with Crippen molar-refractivity contribution in [2.24, 2.45) is 0 Å².